The third-order valence-electron chi connectivity index (χ3n) is 7.44. The zero-order valence-electron chi connectivity index (χ0n) is 27.4. The van der Waals surface area contributed by atoms with Crippen molar-refractivity contribution in [3.05, 3.63) is 83.3 Å². The average Bonchev–Trinajstić information content (AvgIpc) is 3.06. The van der Waals surface area contributed by atoms with E-state index in [0.29, 0.717) is 42.9 Å². The van der Waals surface area contributed by atoms with E-state index in [-0.39, 0.29) is 25.3 Å². The van der Waals surface area contributed by atoms with E-state index in [1.807, 2.05) is 6.92 Å². The van der Waals surface area contributed by atoms with Gasteiger partial charge in [0.1, 0.15) is 12.1 Å². The van der Waals surface area contributed by atoms with Gasteiger partial charge in [-0.25, -0.2) is 4.39 Å². The van der Waals surface area contributed by atoms with Crippen LogP contribution < -0.4 is 22.1 Å². The number of hydrogen-bond donors (Lipinski definition) is 4. The predicted octanol–water partition coefficient (Wildman–Crippen LogP) is 4.95. The first-order valence-corrected chi connectivity index (χ1v) is 15.7. The Labute approximate surface area is 277 Å². The van der Waals surface area contributed by atoms with Crippen molar-refractivity contribution in [3.63, 3.8) is 0 Å². The van der Waals surface area contributed by atoms with E-state index in [1.54, 1.807) is 25.4 Å². The molecule has 0 saturated carbocycles. The van der Waals surface area contributed by atoms with E-state index in [0.717, 1.165) is 60.8 Å². The zero-order chi connectivity index (χ0) is 32.9. The molecule has 0 bridgehead atoms. The van der Waals surface area contributed by atoms with Crippen LogP contribution in [0.25, 0.3) is 5.57 Å². The predicted molar refractivity (Wildman–Crippen MR) is 188 cm³/mol. The van der Waals surface area contributed by atoms with Crippen LogP contribution in [-0.4, -0.2) is 75.9 Å². The fraction of sp³-hybridized carbons (Fsp3) is 0.441. The standard InChI is InChI=1S/C32H43BrFN5O3.CH5N.CH3.Fm/c1-4-29(33)28(20-38-27(22-41)10-11-32(42)36-3)31(5-2)39-15-12-23(13-16-39)7-6-14-37-19-26(18-35)24-8-9-25(21-40)30(34)17-24;1-2;;/h4-5,8-9,17-19,21-23,27,38H,1,6-7,10-16,20,35H2,2-3H3,(H,36,42);2H2,1H3;1H3;/q;;-1;/b26-18+,29-28+,31-5+,37-19?;;;. The number of piperidine rings is 1. The Hall–Kier alpha value is -4.41. The van der Waals surface area contributed by atoms with Crippen molar-refractivity contribution >= 4 is 46.2 Å². The minimum atomic E-state index is -0.582. The molecule has 1 amide bonds. The molecular weight excluding hydrogens is 896 g/mol. The second kappa shape index (κ2) is 24.9. The summed E-state index contributed by atoms with van der Waals surface area (Å²) in [6, 6.07) is 3.96. The molecule has 0 aromatic heterocycles. The first-order valence-electron chi connectivity index (χ1n) is 14.9. The van der Waals surface area contributed by atoms with Crippen molar-refractivity contribution in [1.82, 2.24) is 15.5 Å². The number of nitrogens with two attached hydrogens (primary N) is 2. The van der Waals surface area contributed by atoms with Crippen LogP contribution in [0.3, 0.4) is 0 Å². The van der Waals surface area contributed by atoms with E-state index in [1.165, 1.54) is 25.4 Å². The fourth-order valence-electron chi connectivity index (χ4n) is 4.94. The number of amides is 1. The van der Waals surface area contributed by atoms with Crippen LogP contribution in [0.5, 0.6) is 0 Å². The third-order valence-corrected chi connectivity index (χ3v) is 8.24. The minimum Gasteiger partial charge on any atom is -0.404 e. The van der Waals surface area contributed by atoms with Gasteiger partial charge in [0.05, 0.1) is 11.6 Å². The Bertz CT molecular complexity index is 1210. The monoisotopic (exact) mass is 946 g/mol. The molecule has 1 fully saturated rings. The normalized spacial score (nSPS) is 15.0. The number of aliphatic imine (C=N–C) groups is 1. The third kappa shape index (κ3) is 14.1. The number of carbonyl (C=O) groups is 3. The maximum Gasteiger partial charge on any atom is 0.219 e. The number of rotatable bonds is 17. The topological polar surface area (TPSA) is 143 Å². The summed E-state index contributed by atoms with van der Waals surface area (Å²) in [5, 5.41) is 5.87. The van der Waals surface area contributed by atoms with Gasteiger partial charge in [0.2, 0.25) is 5.91 Å². The van der Waals surface area contributed by atoms with E-state index >= 15 is 0 Å². The van der Waals surface area contributed by atoms with Crippen LogP contribution in [0.1, 0.15) is 61.4 Å². The number of aldehydes is 2. The maximum absolute atomic E-state index is 14.0. The molecule has 6 N–H and O–H groups in total. The number of carbonyl (C=O) groups excluding carboxylic acids is 3. The van der Waals surface area contributed by atoms with Crippen LogP contribution in [0, 0.1) is 19.2 Å². The summed E-state index contributed by atoms with van der Waals surface area (Å²) in [6.07, 6.45) is 13.1. The summed E-state index contributed by atoms with van der Waals surface area (Å²) in [7, 11) is 3.09. The van der Waals surface area contributed by atoms with Gasteiger partial charge in [-0.2, -0.15) is 0 Å². The van der Waals surface area contributed by atoms with Gasteiger partial charge >= 0.3 is 0 Å². The van der Waals surface area contributed by atoms with Crippen LogP contribution >= 0.6 is 15.9 Å². The van der Waals surface area contributed by atoms with Crippen molar-refractivity contribution in [1.29, 1.82) is 0 Å². The summed E-state index contributed by atoms with van der Waals surface area (Å²) in [6.45, 7) is 8.89. The minimum absolute atomic E-state index is 0. The van der Waals surface area contributed by atoms with Crippen molar-refractivity contribution in [3.8, 4) is 0 Å². The Morgan fingerprint density at radius 3 is 2.46 bits per heavy atom. The largest absolute Gasteiger partial charge is 0.404 e. The Morgan fingerprint density at radius 2 is 1.93 bits per heavy atom. The molecule has 262 valence electrons. The summed E-state index contributed by atoms with van der Waals surface area (Å²) < 4.78 is 14.8. The summed E-state index contributed by atoms with van der Waals surface area (Å²) >= 11 is 3.64. The first-order chi connectivity index (χ1) is 21.3. The van der Waals surface area contributed by atoms with Gasteiger partial charge in [-0.05, 0) is 69.7 Å². The van der Waals surface area contributed by atoms with Gasteiger partial charge in [0, 0.05) is 73.4 Å². The number of halogens is 2. The van der Waals surface area contributed by atoms with Crippen molar-refractivity contribution in [2.75, 3.05) is 40.3 Å². The molecule has 1 aromatic rings. The fourth-order valence-corrected chi connectivity index (χ4v) is 5.29. The molecule has 1 aliphatic heterocycles. The molecular formula is C34H51BrFFmN6O3-. The number of nitrogens with zero attached hydrogens (tertiary/aromatic N) is 2. The van der Waals surface area contributed by atoms with Crippen molar-refractivity contribution < 1.29 is 18.8 Å². The molecule has 2 rings (SSSR count). The Balaban J connectivity index is 0. The van der Waals surface area contributed by atoms with Gasteiger partial charge in [-0.1, -0.05) is 40.7 Å². The van der Waals surface area contributed by atoms with E-state index < -0.39 is 11.9 Å². The smallest absolute Gasteiger partial charge is 0.219 e. The molecule has 0 spiro atoms. The molecule has 12 heteroatoms. The van der Waals surface area contributed by atoms with Crippen molar-refractivity contribution in [2.45, 2.75) is 51.5 Å². The molecule has 1 aliphatic rings. The molecule has 9 nitrogen and oxygen atoms in total. The van der Waals surface area contributed by atoms with E-state index in [2.05, 4.69) is 54.8 Å². The number of hydrogen-bond acceptors (Lipinski definition) is 8. The Kier molecular flexibility index (Phi) is 23.6. The quantitative estimate of drug-likeness (QED) is 0.0570. The zero-order valence-corrected chi connectivity index (χ0v) is 31.4. The van der Waals surface area contributed by atoms with Crippen LogP contribution in [0.15, 0.2) is 63.9 Å². The molecule has 0 aliphatic carbocycles. The molecule has 1 aromatic carbocycles. The molecule has 0 radical (unpaired) electrons. The summed E-state index contributed by atoms with van der Waals surface area (Å²) in [5.74, 6) is -0.0744. The number of likely N-dealkylation sites (tertiary alicyclic amines) is 1. The van der Waals surface area contributed by atoms with Gasteiger partial charge in [0.15, 0.2) is 6.29 Å². The van der Waals surface area contributed by atoms with Gasteiger partial charge in [-0.15, -0.1) is 0 Å². The Morgan fingerprint density at radius 1 is 1.26 bits per heavy atom. The molecule has 46 heavy (non-hydrogen) atoms. The van der Waals surface area contributed by atoms with Crippen molar-refractivity contribution in [2.24, 2.45) is 22.4 Å². The number of allylic oxidation sites excluding steroid dienone is 4. The molecule has 1 heterocycles. The van der Waals surface area contributed by atoms with Gasteiger partial charge in [-0.3, -0.25) is 14.6 Å². The van der Waals surface area contributed by atoms with Gasteiger partial charge in [0.25, 0.3) is 0 Å². The first kappa shape index (κ1) is 43.7. The van der Waals surface area contributed by atoms with Crippen LogP contribution in [0.2, 0.25) is 0 Å². The van der Waals surface area contributed by atoms with Crippen LogP contribution in [0.4, 0.5) is 4.39 Å². The summed E-state index contributed by atoms with van der Waals surface area (Å²) in [4.78, 5) is 40.9. The second-order valence-corrected chi connectivity index (χ2v) is 11.0. The number of benzene rings is 1. The van der Waals surface area contributed by atoms with Gasteiger partial charge < -0.3 is 39.2 Å². The van der Waals surface area contributed by atoms with E-state index in [9.17, 15) is 18.8 Å². The maximum atomic E-state index is 14.0. The number of nitrogens with one attached hydrogen (secondary N) is 2. The summed E-state index contributed by atoms with van der Waals surface area (Å²) in [5.41, 5.74) is 13.5. The molecule has 1 unspecified atom stereocenters. The van der Waals surface area contributed by atoms with Crippen LogP contribution in [-0.2, 0) is 9.59 Å². The van der Waals surface area contributed by atoms with E-state index in [4.69, 9.17) is 5.73 Å². The average molecular weight is 948 g/mol. The molecule has 1 atom stereocenters. The SMILES string of the molecule is C=C/C(Br)=C(CNC(C=O)CCC(=O)NC)\C(=C/C)N1CCC(CCCN=C/C(=C\N)c2ccc(C=O)c(F)c2)CC1.CN.[CH3-].[Fm]. The second-order valence-electron chi connectivity index (χ2n) is 10.1. The molecule has 1 saturated heterocycles.